The van der Waals surface area contributed by atoms with Crippen LogP contribution in [-0.2, 0) is 32.0 Å². The van der Waals surface area contributed by atoms with Gasteiger partial charge < -0.3 is 45.4 Å². The lowest BCUT2D eigenvalue weighted by Gasteiger charge is -2.35. The van der Waals surface area contributed by atoms with Gasteiger partial charge in [-0.1, -0.05) is 77.1 Å². The quantitative estimate of drug-likeness (QED) is 0.0571. The van der Waals surface area contributed by atoms with Gasteiger partial charge in [-0.3, -0.25) is 24.3 Å². The normalized spacial score (nSPS) is 20.8. The monoisotopic (exact) mass is 1080 g/mol. The van der Waals surface area contributed by atoms with E-state index in [1.165, 1.54) is 4.90 Å². The number of ether oxygens (including phenoxy) is 2. The average molecular weight is 1090 g/mol. The topological polar surface area (TPSA) is 208 Å². The molecule has 6 aromatic rings. The van der Waals surface area contributed by atoms with Crippen molar-refractivity contribution < 1.29 is 38.5 Å². The highest BCUT2D eigenvalue weighted by Gasteiger charge is 2.45. The molecule has 5 N–H and O–H groups in total. The number of β-amino-alcohol motifs (C(OH)–C–C–N with tert-alkyl or cyclic N) is 1. The van der Waals surface area contributed by atoms with E-state index >= 15 is 4.39 Å². The van der Waals surface area contributed by atoms with Gasteiger partial charge in [0.05, 0.1) is 40.2 Å². The molecule has 10 rings (SSSR count). The molecule has 3 aromatic carbocycles. The second-order valence-electron chi connectivity index (χ2n) is 22.7. The number of anilines is 1. The fourth-order valence-corrected chi connectivity index (χ4v) is 12.7. The van der Waals surface area contributed by atoms with E-state index < -0.39 is 41.2 Å². The predicted molar refractivity (Wildman–Crippen MR) is 300 cm³/mol. The van der Waals surface area contributed by atoms with Gasteiger partial charge in [-0.2, -0.15) is 9.97 Å². The highest BCUT2D eigenvalue weighted by atomic mass is 32.1. The molecule has 3 amide bonds. The van der Waals surface area contributed by atoms with Crippen molar-refractivity contribution in [2.45, 2.75) is 123 Å². The Morgan fingerprint density at radius 1 is 0.949 bits per heavy atom. The maximum atomic E-state index is 17.1. The molecule has 7 heterocycles. The number of aryl methyl sites for hydroxylation is 2. The number of carbonyl (C=O) groups is 3. The van der Waals surface area contributed by atoms with Crippen LogP contribution in [0.1, 0.15) is 96.5 Å². The number of carbonyl (C=O) groups excluding carboxylic acids is 3. The zero-order valence-electron chi connectivity index (χ0n) is 45.6. The number of aromatic nitrogens is 4. The number of amides is 3. The molecule has 0 saturated carbocycles. The van der Waals surface area contributed by atoms with E-state index in [4.69, 9.17) is 24.4 Å². The smallest absolute Gasteiger partial charge is 0.319 e. The molecule has 0 radical (unpaired) electrons. The van der Waals surface area contributed by atoms with E-state index in [0.29, 0.717) is 42.0 Å². The minimum absolute atomic E-state index is 0.0208. The van der Waals surface area contributed by atoms with Crippen LogP contribution >= 0.6 is 11.3 Å². The number of nitrogens with one attached hydrogen (secondary N) is 3. The number of pyridine rings is 1. The summed E-state index contributed by atoms with van der Waals surface area (Å²) in [6, 6.07) is 15.6. The molecule has 2 bridgehead atoms. The van der Waals surface area contributed by atoms with Gasteiger partial charge in [0.2, 0.25) is 17.7 Å². The van der Waals surface area contributed by atoms with Crippen molar-refractivity contribution in [2.75, 3.05) is 64.0 Å². The number of fused-ring (bicyclic) bond motifs is 4. The second kappa shape index (κ2) is 23.5. The molecule has 17 nitrogen and oxygen atoms in total. The third-order valence-corrected chi connectivity index (χ3v) is 17.0. The minimum atomic E-state index is -0.971. The first-order valence-corrected chi connectivity index (χ1v) is 28.6. The Bertz CT molecular complexity index is 3130. The van der Waals surface area contributed by atoms with Gasteiger partial charge in [0, 0.05) is 56.4 Å². The van der Waals surface area contributed by atoms with Gasteiger partial charge in [-0.25, -0.2) is 9.37 Å². The SMILES string of the molecule is CCc1ncsc1-c1ccc(C(C)NC(=O)[C@@H]2C[C@@H](O)CN2C(=O)C(NC(=O)COCC2CCN(CCOc3nc(N4CC5CCC(C4)N5)c4cnc(-c5cc(O)cc6cccc(CC)c56)c(F)c4n3)CC2)C(C)(C)C)cc1. The van der Waals surface area contributed by atoms with Crippen LogP contribution in [0.2, 0.25) is 0 Å². The maximum absolute atomic E-state index is 17.1. The number of phenolic OH excluding ortho intramolecular Hbond substituents is 1. The number of halogens is 1. The number of nitrogens with zero attached hydrogens (tertiary/aromatic N) is 7. The molecule has 0 aliphatic carbocycles. The molecule has 3 aromatic heterocycles. The lowest BCUT2D eigenvalue weighted by molar-refractivity contribution is -0.144. The summed E-state index contributed by atoms with van der Waals surface area (Å²) < 4.78 is 29.3. The molecule has 0 spiro atoms. The number of piperazine rings is 1. The van der Waals surface area contributed by atoms with E-state index in [1.807, 2.05) is 82.6 Å². The van der Waals surface area contributed by atoms with Gasteiger partial charge in [0.1, 0.15) is 48.1 Å². The van der Waals surface area contributed by atoms with Crippen LogP contribution in [0.25, 0.3) is 43.4 Å². The van der Waals surface area contributed by atoms with Gasteiger partial charge in [-0.05, 0) is 109 Å². The van der Waals surface area contributed by atoms with Crippen molar-refractivity contribution in [1.82, 2.24) is 45.7 Å². The molecule has 414 valence electrons. The van der Waals surface area contributed by atoms with Gasteiger partial charge in [-0.15, -0.1) is 11.3 Å². The molecule has 4 fully saturated rings. The van der Waals surface area contributed by atoms with Crippen LogP contribution in [-0.4, -0.2) is 147 Å². The van der Waals surface area contributed by atoms with Crippen molar-refractivity contribution in [2.24, 2.45) is 11.3 Å². The van der Waals surface area contributed by atoms with E-state index in [2.05, 4.69) is 37.7 Å². The predicted octanol–water partition coefficient (Wildman–Crippen LogP) is 7.36. The summed E-state index contributed by atoms with van der Waals surface area (Å²) in [7, 11) is 0. The summed E-state index contributed by atoms with van der Waals surface area (Å²) in [6.45, 7) is 15.6. The van der Waals surface area contributed by atoms with Crippen molar-refractivity contribution >= 4 is 56.6 Å². The summed E-state index contributed by atoms with van der Waals surface area (Å²) >= 11 is 1.60. The maximum Gasteiger partial charge on any atom is 0.319 e. The number of aliphatic hydroxyl groups is 1. The third kappa shape index (κ3) is 12.0. The highest BCUT2D eigenvalue weighted by Crippen LogP contribution is 2.39. The summed E-state index contributed by atoms with van der Waals surface area (Å²) in [6.07, 6.45) is 6.23. The number of benzene rings is 3. The van der Waals surface area contributed by atoms with Crippen molar-refractivity contribution in [3.05, 3.63) is 88.9 Å². The van der Waals surface area contributed by atoms with Gasteiger partial charge in [0.25, 0.3) is 0 Å². The Balaban J connectivity index is 0.720. The standard InChI is InChI=1S/C59H73FN10O7S/c1-7-36-10-9-11-39-24-42(71)25-44(49(36)39)51-50(60)52-45(27-61-51)55(69-28-40-16-17-41(29-69)64-40)67-58(66-52)77-23-22-68-20-18-35(19-21-68)31-76-32-48(73)65-54(59(4,5)6)57(75)70-30-43(72)26-47(70)56(74)63-34(3)37-12-14-38(15-13-37)53-46(8-2)62-33-78-53/h9-15,24-25,27,33-35,40-41,43,47,54,64,71-72H,7-8,16-23,26,28-32H2,1-6H3,(H,63,74)(H,65,73)/t34?,40?,41?,43-,47+,54?/m1/s1. The highest BCUT2D eigenvalue weighted by molar-refractivity contribution is 7.13. The van der Waals surface area contributed by atoms with Crippen LogP contribution in [0.15, 0.2) is 66.3 Å². The zero-order valence-corrected chi connectivity index (χ0v) is 46.4. The average Bonchev–Trinajstić information content (AvgIpc) is 4.30. The first-order valence-electron chi connectivity index (χ1n) is 27.7. The van der Waals surface area contributed by atoms with Gasteiger partial charge in [0.15, 0.2) is 5.82 Å². The number of aliphatic hydroxyl groups excluding tert-OH is 1. The number of hydrogen-bond donors (Lipinski definition) is 5. The molecular formula is C59H73FN10O7S. The van der Waals surface area contributed by atoms with E-state index in [0.717, 1.165) is 103 Å². The van der Waals surface area contributed by atoms with E-state index in [1.54, 1.807) is 29.7 Å². The number of thiazole rings is 1. The second-order valence-corrected chi connectivity index (χ2v) is 23.5. The number of piperidine rings is 1. The molecule has 78 heavy (non-hydrogen) atoms. The Labute approximate surface area is 459 Å². The van der Waals surface area contributed by atoms with Crippen molar-refractivity contribution in [3.63, 3.8) is 0 Å². The number of likely N-dealkylation sites (tertiary alicyclic amines) is 2. The first kappa shape index (κ1) is 55.0. The van der Waals surface area contributed by atoms with E-state index in [9.17, 15) is 24.6 Å². The van der Waals surface area contributed by atoms with E-state index in [-0.39, 0.29) is 67.0 Å². The fourth-order valence-electron chi connectivity index (χ4n) is 11.8. The molecular weight excluding hydrogens is 1010 g/mol. The fraction of sp³-hybridized carbons (Fsp3) is 0.508. The van der Waals surface area contributed by atoms with Crippen LogP contribution in [0.4, 0.5) is 10.2 Å². The largest absolute Gasteiger partial charge is 0.508 e. The molecule has 4 saturated heterocycles. The summed E-state index contributed by atoms with van der Waals surface area (Å²) in [5.74, 6) is -0.991. The molecule has 6 atom stereocenters. The first-order chi connectivity index (χ1) is 37.5. The lowest BCUT2D eigenvalue weighted by Crippen LogP contribution is -2.58. The van der Waals surface area contributed by atoms with Gasteiger partial charge >= 0.3 is 6.01 Å². The molecule has 4 aliphatic rings. The molecule has 4 aliphatic heterocycles. The Hall–Kier alpha value is -6.38. The number of hydrogen-bond acceptors (Lipinski definition) is 15. The Kier molecular flexibility index (Phi) is 16.6. The molecule has 4 unspecified atom stereocenters. The third-order valence-electron chi connectivity index (χ3n) is 16.1. The van der Waals surface area contributed by atoms with Crippen LogP contribution in [0.3, 0.4) is 0 Å². The summed E-state index contributed by atoms with van der Waals surface area (Å²) in [5, 5.41) is 33.3. The van der Waals surface area contributed by atoms with Crippen molar-refractivity contribution in [1.29, 1.82) is 0 Å². The number of aromatic hydroxyl groups is 1. The molecule has 19 heteroatoms. The summed E-state index contributed by atoms with van der Waals surface area (Å²) in [4.78, 5) is 67.3. The zero-order chi connectivity index (χ0) is 54.8. The number of rotatable bonds is 18. The summed E-state index contributed by atoms with van der Waals surface area (Å²) in [5.41, 5.74) is 5.90. The van der Waals surface area contributed by atoms with Crippen LogP contribution in [0, 0.1) is 17.2 Å². The number of phenols is 1. The van der Waals surface area contributed by atoms with Crippen molar-refractivity contribution in [3.8, 4) is 33.5 Å². The van der Waals surface area contributed by atoms with Crippen LogP contribution < -0.4 is 25.6 Å². The minimum Gasteiger partial charge on any atom is -0.508 e. The lowest BCUT2D eigenvalue weighted by atomic mass is 9.85. The Morgan fingerprint density at radius 3 is 2.42 bits per heavy atom. The Morgan fingerprint density at radius 2 is 1.71 bits per heavy atom. The van der Waals surface area contributed by atoms with Crippen LogP contribution in [0.5, 0.6) is 11.8 Å².